The first-order valence-corrected chi connectivity index (χ1v) is 3.86. The van der Waals surface area contributed by atoms with Gasteiger partial charge < -0.3 is 10.1 Å². The van der Waals surface area contributed by atoms with E-state index in [1.165, 1.54) is 13.8 Å². The van der Waals surface area contributed by atoms with Crippen molar-refractivity contribution in [2.45, 2.75) is 19.9 Å². The fraction of sp³-hybridized carbons (Fsp3) is 0.556. The minimum atomic E-state index is -0.592. The molecule has 0 aliphatic heterocycles. The van der Waals surface area contributed by atoms with Gasteiger partial charge in [0.1, 0.15) is 12.6 Å². The zero-order valence-electron chi connectivity index (χ0n) is 7.79. The fourth-order valence-corrected chi connectivity index (χ4v) is 0.742. The van der Waals surface area contributed by atoms with Crippen LogP contribution in [-0.4, -0.2) is 30.9 Å². The van der Waals surface area contributed by atoms with Gasteiger partial charge >= 0.3 is 0 Å². The summed E-state index contributed by atoms with van der Waals surface area (Å²) in [4.78, 5) is 21.6. The quantitative estimate of drug-likeness (QED) is 0.471. The van der Waals surface area contributed by atoms with Crippen LogP contribution in [0.4, 0.5) is 0 Å². The highest BCUT2D eigenvalue weighted by atomic mass is 16.5. The Bertz CT molecular complexity index is 230. The summed E-state index contributed by atoms with van der Waals surface area (Å²) in [5.74, 6) is 1.86. The number of terminal acetylenes is 1. The van der Waals surface area contributed by atoms with Crippen molar-refractivity contribution in [1.29, 1.82) is 0 Å². The molecule has 0 fully saturated rings. The topological polar surface area (TPSA) is 55.4 Å². The van der Waals surface area contributed by atoms with Gasteiger partial charge in [-0.2, -0.15) is 0 Å². The second-order valence-electron chi connectivity index (χ2n) is 2.58. The molecule has 0 saturated heterocycles. The van der Waals surface area contributed by atoms with Crippen LogP contribution in [0.1, 0.15) is 13.8 Å². The van der Waals surface area contributed by atoms with Crippen LogP contribution in [0.3, 0.4) is 0 Å². The average molecular weight is 183 g/mol. The second-order valence-corrected chi connectivity index (χ2v) is 2.58. The smallest absolute Gasteiger partial charge is 0.217 e. The van der Waals surface area contributed by atoms with Crippen molar-refractivity contribution in [3.63, 3.8) is 0 Å². The molecule has 72 valence electrons. The van der Waals surface area contributed by atoms with E-state index in [2.05, 4.69) is 11.2 Å². The van der Waals surface area contributed by atoms with Gasteiger partial charge in [-0.15, -0.1) is 6.42 Å². The number of ketones is 1. The van der Waals surface area contributed by atoms with Crippen LogP contribution >= 0.6 is 0 Å². The highest BCUT2D eigenvalue weighted by molar-refractivity contribution is 5.86. The van der Waals surface area contributed by atoms with Crippen molar-refractivity contribution >= 4 is 11.7 Å². The Balaban J connectivity index is 3.89. The maximum atomic E-state index is 10.9. The van der Waals surface area contributed by atoms with E-state index in [0.29, 0.717) is 0 Å². The standard InChI is InChI=1S/C9H13NO3/c1-4-5-13-6-9(7(2)11)10-8(3)12/h1,9H,5-6H2,2-3H3,(H,10,12). The van der Waals surface area contributed by atoms with Crippen LogP contribution in [-0.2, 0) is 14.3 Å². The zero-order chi connectivity index (χ0) is 10.3. The molecule has 13 heavy (non-hydrogen) atoms. The maximum Gasteiger partial charge on any atom is 0.217 e. The lowest BCUT2D eigenvalue weighted by Gasteiger charge is -2.13. The Morgan fingerprint density at radius 3 is 2.54 bits per heavy atom. The van der Waals surface area contributed by atoms with Gasteiger partial charge in [0.2, 0.25) is 5.91 Å². The van der Waals surface area contributed by atoms with Gasteiger partial charge in [-0.1, -0.05) is 5.92 Å². The monoisotopic (exact) mass is 183 g/mol. The van der Waals surface area contributed by atoms with E-state index in [0.717, 1.165) is 0 Å². The molecule has 0 bridgehead atoms. The lowest BCUT2D eigenvalue weighted by atomic mass is 10.2. The summed E-state index contributed by atoms with van der Waals surface area (Å²) in [7, 11) is 0. The Morgan fingerprint density at radius 2 is 2.15 bits per heavy atom. The van der Waals surface area contributed by atoms with E-state index in [-0.39, 0.29) is 24.9 Å². The molecule has 1 atom stereocenters. The third kappa shape index (κ3) is 5.88. The number of amides is 1. The molecule has 0 radical (unpaired) electrons. The number of carbonyl (C=O) groups is 2. The fourth-order valence-electron chi connectivity index (χ4n) is 0.742. The van der Waals surface area contributed by atoms with Crippen LogP contribution in [0.5, 0.6) is 0 Å². The third-order valence-electron chi connectivity index (χ3n) is 1.34. The largest absolute Gasteiger partial charge is 0.366 e. The summed E-state index contributed by atoms with van der Waals surface area (Å²) in [6.07, 6.45) is 4.94. The zero-order valence-corrected chi connectivity index (χ0v) is 7.79. The van der Waals surface area contributed by atoms with Crippen LogP contribution < -0.4 is 5.32 Å². The minimum absolute atomic E-state index is 0.124. The van der Waals surface area contributed by atoms with Gasteiger partial charge in [0.05, 0.1) is 6.61 Å². The first kappa shape index (κ1) is 11.7. The third-order valence-corrected chi connectivity index (χ3v) is 1.34. The highest BCUT2D eigenvalue weighted by Gasteiger charge is 2.14. The Morgan fingerprint density at radius 1 is 1.54 bits per heavy atom. The van der Waals surface area contributed by atoms with Crippen molar-refractivity contribution in [2.75, 3.05) is 13.2 Å². The molecule has 0 aromatic heterocycles. The van der Waals surface area contributed by atoms with Gasteiger partial charge in [-0.05, 0) is 6.92 Å². The molecule has 1 unspecified atom stereocenters. The van der Waals surface area contributed by atoms with E-state index in [1.807, 2.05) is 0 Å². The van der Waals surface area contributed by atoms with E-state index >= 15 is 0 Å². The lowest BCUT2D eigenvalue weighted by Crippen LogP contribution is -2.42. The molecule has 0 aliphatic carbocycles. The summed E-state index contributed by atoms with van der Waals surface area (Å²) in [6.45, 7) is 3.00. The molecule has 0 saturated carbocycles. The van der Waals surface area contributed by atoms with E-state index in [9.17, 15) is 9.59 Å². The lowest BCUT2D eigenvalue weighted by molar-refractivity contribution is -0.126. The van der Waals surface area contributed by atoms with E-state index < -0.39 is 6.04 Å². The Kier molecular flexibility index (Phi) is 5.57. The molecule has 0 aliphatic rings. The number of hydrogen-bond acceptors (Lipinski definition) is 3. The summed E-state index contributed by atoms with van der Waals surface area (Å²) >= 11 is 0. The molecule has 0 spiro atoms. The van der Waals surface area contributed by atoms with Crippen LogP contribution in [0.2, 0.25) is 0 Å². The molecule has 0 heterocycles. The van der Waals surface area contributed by atoms with Crippen molar-refractivity contribution in [3.05, 3.63) is 0 Å². The Labute approximate surface area is 77.6 Å². The molecule has 0 aromatic rings. The highest BCUT2D eigenvalue weighted by Crippen LogP contribution is 1.88. The molecule has 0 aromatic carbocycles. The maximum absolute atomic E-state index is 10.9. The average Bonchev–Trinajstić information content (AvgIpc) is 2.02. The molecular formula is C9H13NO3. The molecule has 0 rings (SSSR count). The van der Waals surface area contributed by atoms with Gasteiger partial charge in [0, 0.05) is 6.92 Å². The summed E-state index contributed by atoms with van der Waals surface area (Å²) < 4.78 is 4.94. The van der Waals surface area contributed by atoms with Crippen molar-refractivity contribution in [1.82, 2.24) is 5.32 Å². The predicted molar refractivity (Wildman–Crippen MR) is 47.9 cm³/mol. The first-order valence-electron chi connectivity index (χ1n) is 3.86. The first-order chi connectivity index (χ1) is 6.07. The molecule has 4 heteroatoms. The predicted octanol–water partition coefficient (Wildman–Crippen LogP) is -0.270. The van der Waals surface area contributed by atoms with Gasteiger partial charge in [-0.3, -0.25) is 9.59 Å². The number of hydrogen-bond donors (Lipinski definition) is 1. The van der Waals surface area contributed by atoms with Crippen LogP contribution in [0.25, 0.3) is 0 Å². The van der Waals surface area contributed by atoms with Crippen molar-refractivity contribution in [2.24, 2.45) is 0 Å². The van der Waals surface area contributed by atoms with Crippen molar-refractivity contribution in [3.8, 4) is 12.3 Å². The molecule has 1 amide bonds. The van der Waals surface area contributed by atoms with Crippen LogP contribution in [0.15, 0.2) is 0 Å². The minimum Gasteiger partial charge on any atom is -0.366 e. The molecule has 4 nitrogen and oxygen atoms in total. The SMILES string of the molecule is C#CCOCC(NC(C)=O)C(C)=O. The summed E-state index contributed by atoms with van der Waals surface area (Å²) in [5, 5.41) is 2.46. The number of ether oxygens (including phenoxy) is 1. The number of carbonyl (C=O) groups excluding carboxylic acids is 2. The Hall–Kier alpha value is -1.34. The van der Waals surface area contributed by atoms with Crippen molar-refractivity contribution < 1.29 is 14.3 Å². The van der Waals surface area contributed by atoms with E-state index in [1.54, 1.807) is 0 Å². The molecule has 1 N–H and O–H groups in total. The number of Topliss-reactive ketones (excluding diaryl/α,β-unsaturated/α-hetero) is 1. The molecular weight excluding hydrogens is 170 g/mol. The second kappa shape index (κ2) is 6.21. The number of nitrogens with one attached hydrogen (secondary N) is 1. The van der Waals surface area contributed by atoms with Gasteiger partial charge in [-0.25, -0.2) is 0 Å². The van der Waals surface area contributed by atoms with Gasteiger partial charge in [0.25, 0.3) is 0 Å². The number of rotatable bonds is 5. The normalized spacial score (nSPS) is 11.5. The van der Waals surface area contributed by atoms with E-state index in [4.69, 9.17) is 11.2 Å². The van der Waals surface area contributed by atoms with Crippen LogP contribution in [0, 0.1) is 12.3 Å². The summed E-state index contributed by atoms with van der Waals surface area (Å²) in [6, 6.07) is -0.592. The summed E-state index contributed by atoms with van der Waals surface area (Å²) in [5.41, 5.74) is 0. The van der Waals surface area contributed by atoms with Gasteiger partial charge in [0.15, 0.2) is 5.78 Å².